The fraction of sp³-hybridized carbons (Fsp3) is 0.533. The highest BCUT2D eigenvalue weighted by molar-refractivity contribution is 7.89. The van der Waals surface area contributed by atoms with Gasteiger partial charge in [0.2, 0.25) is 15.9 Å². The number of nitrogens with two attached hydrogens (primary N) is 1. The van der Waals surface area contributed by atoms with Gasteiger partial charge in [-0.05, 0) is 37.9 Å². The molecule has 0 saturated carbocycles. The number of hydrogen-bond donors (Lipinski definition) is 2. The summed E-state index contributed by atoms with van der Waals surface area (Å²) in [5, 5.41) is 2.72. The van der Waals surface area contributed by atoms with Crippen LogP contribution in [0, 0.1) is 0 Å². The summed E-state index contributed by atoms with van der Waals surface area (Å²) in [6.07, 6.45) is 2.67. The zero-order chi connectivity index (χ0) is 16.9. The highest BCUT2D eigenvalue weighted by atomic mass is 35.5. The summed E-state index contributed by atoms with van der Waals surface area (Å²) in [6.45, 7) is 1.51. The molecule has 0 atom stereocenters. The van der Waals surface area contributed by atoms with Crippen LogP contribution >= 0.6 is 12.4 Å². The Kier molecular flexibility index (Phi) is 7.95. The fourth-order valence-electron chi connectivity index (χ4n) is 2.51. The highest BCUT2D eigenvalue weighted by Crippen LogP contribution is 2.31. The van der Waals surface area contributed by atoms with Crippen molar-refractivity contribution < 1.29 is 17.9 Å². The van der Waals surface area contributed by atoms with Crippen LogP contribution in [0.1, 0.15) is 25.7 Å². The Labute approximate surface area is 149 Å². The number of anilines is 1. The molecule has 1 aliphatic heterocycles. The molecule has 136 valence electrons. The number of ether oxygens (including phenoxy) is 1. The maximum absolute atomic E-state index is 12.6. The van der Waals surface area contributed by atoms with Crippen molar-refractivity contribution in [3.63, 3.8) is 0 Å². The Morgan fingerprint density at radius 2 is 2.00 bits per heavy atom. The molecule has 1 aromatic rings. The first kappa shape index (κ1) is 20.7. The van der Waals surface area contributed by atoms with Crippen molar-refractivity contribution >= 4 is 34.0 Å². The zero-order valence-corrected chi connectivity index (χ0v) is 15.3. The monoisotopic (exact) mass is 377 g/mol. The molecule has 1 aromatic carbocycles. The molecule has 3 N–H and O–H groups in total. The number of benzene rings is 1. The van der Waals surface area contributed by atoms with Crippen LogP contribution in [0.2, 0.25) is 0 Å². The quantitative estimate of drug-likeness (QED) is 0.751. The molecule has 7 nitrogen and oxygen atoms in total. The summed E-state index contributed by atoms with van der Waals surface area (Å²) >= 11 is 0. The van der Waals surface area contributed by atoms with E-state index in [1.165, 1.54) is 23.5 Å². The Bertz CT molecular complexity index is 661. The van der Waals surface area contributed by atoms with Crippen LogP contribution in [0.3, 0.4) is 0 Å². The SMILES string of the molecule is COc1cc(NC(=O)CCCN)ccc1S(=O)(=O)N1CCCC1.Cl. The average molecular weight is 378 g/mol. The molecule has 0 bridgehead atoms. The van der Waals surface area contributed by atoms with E-state index in [0.717, 1.165) is 12.8 Å². The number of rotatable bonds is 7. The number of sulfonamides is 1. The second-order valence-electron chi connectivity index (χ2n) is 5.42. The van der Waals surface area contributed by atoms with Gasteiger partial charge in [-0.3, -0.25) is 4.79 Å². The second kappa shape index (κ2) is 9.22. The highest BCUT2D eigenvalue weighted by Gasteiger charge is 2.30. The van der Waals surface area contributed by atoms with E-state index in [0.29, 0.717) is 38.2 Å². The molecule has 9 heteroatoms. The van der Waals surface area contributed by atoms with Gasteiger partial charge in [0.1, 0.15) is 10.6 Å². The summed E-state index contributed by atoms with van der Waals surface area (Å²) in [6, 6.07) is 4.58. The first-order valence-electron chi connectivity index (χ1n) is 7.67. The summed E-state index contributed by atoms with van der Waals surface area (Å²) in [5.74, 6) is 0.0705. The van der Waals surface area contributed by atoms with Crippen molar-refractivity contribution in [3.05, 3.63) is 18.2 Å². The van der Waals surface area contributed by atoms with Gasteiger partial charge in [-0.15, -0.1) is 12.4 Å². The molecule has 0 radical (unpaired) electrons. The van der Waals surface area contributed by atoms with E-state index < -0.39 is 10.0 Å². The van der Waals surface area contributed by atoms with Gasteiger partial charge >= 0.3 is 0 Å². The molecular formula is C15H24ClN3O4S. The van der Waals surface area contributed by atoms with E-state index in [1.54, 1.807) is 6.07 Å². The minimum atomic E-state index is -3.56. The molecule has 1 fully saturated rings. The smallest absolute Gasteiger partial charge is 0.246 e. The summed E-state index contributed by atoms with van der Waals surface area (Å²) in [5.41, 5.74) is 5.88. The van der Waals surface area contributed by atoms with Gasteiger partial charge in [-0.2, -0.15) is 4.31 Å². The number of halogens is 1. The first-order chi connectivity index (χ1) is 11.0. The van der Waals surface area contributed by atoms with Crippen LogP contribution in [0.5, 0.6) is 5.75 Å². The molecule has 1 heterocycles. The van der Waals surface area contributed by atoms with E-state index in [2.05, 4.69) is 5.32 Å². The minimum absolute atomic E-state index is 0. The van der Waals surface area contributed by atoms with Crippen LogP contribution in [0.25, 0.3) is 0 Å². The largest absolute Gasteiger partial charge is 0.495 e. The van der Waals surface area contributed by atoms with E-state index in [9.17, 15) is 13.2 Å². The number of amides is 1. The van der Waals surface area contributed by atoms with Gasteiger partial charge in [-0.25, -0.2) is 8.42 Å². The zero-order valence-electron chi connectivity index (χ0n) is 13.7. The summed E-state index contributed by atoms with van der Waals surface area (Å²) < 4.78 is 31.9. The van der Waals surface area contributed by atoms with Crippen molar-refractivity contribution in [1.82, 2.24) is 4.31 Å². The van der Waals surface area contributed by atoms with Crippen LogP contribution in [-0.4, -0.2) is 45.4 Å². The third kappa shape index (κ3) is 4.83. The number of methoxy groups -OCH3 is 1. The fourth-order valence-corrected chi connectivity index (χ4v) is 4.17. The molecule has 0 aromatic heterocycles. The lowest BCUT2D eigenvalue weighted by Crippen LogP contribution is -2.28. The lowest BCUT2D eigenvalue weighted by molar-refractivity contribution is -0.116. The lowest BCUT2D eigenvalue weighted by atomic mass is 10.2. The van der Waals surface area contributed by atoms with Crippen molar-refractivity contribution in [2.75, 3.05) is 32.1 Å². The van der Waals surface area contributed by atoms with Gasteiger partial charge < -0.3 is 15.8 Å². The first-order valence-corrected chi connectivity index (χ1v) is 9.11. The summed E-state index contributed by atoms with van der Waals surface area (Å²) in [4.78, 5) is 11.9. The number of nitrogens with zero attached hydrogens (tertiary/aromatic N) is 1. The molecule has 24 heavy (non-hydrogen) atoms. The lowest BCUT2D eigenvalue weighted by Gasteiger charge is -2.18. The van der Waals surface area contributed by atoms with Crippen molar-refractivity contribution in [3.8, 4) is 5.75 Å². The Morgan fingerprint density at radius 3 is 2.58 bits per heavy atom. The minimum Gasteiger partial charge on any atom is -0.495 e. The van der Waals surface area contributed by atoms with Crippen LogP contribution in [0.4, 0.5) is 5.69 Å². The Morgan fingerprint density at radius 1 is 1.33 bits per heavy atom. The standard InChI is InChI=1S/C15H23N3O4S.ClH/c1-22-13-11-12(17-15(19)5-4-8-16)6-7-14(13)23(20,21)18-9-2-3-10-18;/h6-7,11H,2-5,8-10,16H2,1H3,(H,17,19);1H. The molecular weight excluding hydrogens is 354 g/mol. The predicted octanol–water partition coefficient (Wildman–Crippen LogP) is 1.58. The Hall–Kier alpha value is -1.35. The van der Waals surface area contributed by atoms with Crippen LogP contribution < -0.4 is 15.8 Å². The third-order valence-electron chi connectivity index (χ3n) is 3.74. The second-order valence-corrected chi connectivity index (χ2v) is 7.32. The van der Waals surface area contributed by atoms with Crippen molar-refractivity contribution in [1.29, 1.82) is 0 Å². The van der Waals surface area contributed by atoms with Crippen molar-refractivity contribution in [2.24, 2.45) is 5.73 Å². The van der Waals surface area contributed by atoms with Crippen LogP contribution in [0.15, 0.2) is 23.1 Å². The normalized spacial score (nSPS) is 14.9. The molecule has 1 aliphatic rings. The molecule has 1 amide bonds. The molecule has 0 unspecified atom stereocenters. The topological polar surface area (TPSA) is 102 Å². The van der Waals surface area contributed by atoms with E-state index in [1.807, 2.05) is 0 Å². The average Bonchev–Trinajstić information content (AvgIpc) is 3.07. The number of carbonyl (C=O) groups is 1. The Balaban J connectivity index is 0.00000288. The molecule has 0 aliphatic carbocycles. The number of hydrogen-bond acceptors (Lipinski definition) is 5. The van der Waals surface area contributed by atoms with Gasteiger partial charge in [-0.1, -0.05) is 0 Å². The van der Waals surface area contributed by atoms with E-state index in [-0.39, 0.29) is 29.0 Å². The van der Waals surface area contributed by atoms with Gasteiger partial charge in [0.15, 0.2) is 0 Å². The van der Waals surface area contributed by atoms with Gasteiger partial charge in [0.05, 0.1) is 7.11 Å². The van der Waals surface area contributed by atoms with Gasteiger partial charge in [0.25, 0.3) is 0 Å². The van der Waals surface area contributed by atoms with Gasteiger partial charge in [0, 0.05) is 31.3 Å². The molecule has 1 saturated heterocycles. The predicted molar refractivity (Wildman–Crippen MR) is 95.2 cm³/mol. The third-order valence-corrected chi connectivity index (χ3v) is 5.68. The molecule has 0 spiro atoms. The van der Waals surface area contributed by atoms with E-state index in [4.69, 9.17) is 10.5 Å². The molecule has 2 rings (SSSR count). The summed E-state index contributed by atoms with van der Waals surface area (Å²) in [7, 11) is -2.15. The van der Waals surface area contributed by atoms with Crippen molar-refractivity contribution in [2.45, 2.75) is 30.6 Å². The van der Waals surface area contributed by atoms with Crippen LogP contribution in [-0.2, 0) is 14.8 Å². The van der Waals surface area contributed by atoms with E-state index >= 15 is 0 Å². The number of nitrogens with one attached hydrogen (secondary N) is 1. The number of carbonyl (C=O) groups excluding carboxylic acids is 1. The maximum atomic E-state index is 12.6. The maximum Gasteiger partial charge on any atom is 0.246 e.